The van der Waals surface area contributed by atoms with Crippen molar-refractivity contribution in [3.8, 4) is 5.75 Å². The van der Waals surface area contributed by atoms with Gasteiger partial charge in [-0.1, -0.05) is 28.7 Å². The first kappa shape index (κ1) is 27.5. The number of methoxy groups -OCH3 is 1. The van der Waals surface area contributed by atoms with Crippen LogP contribution >= 0.6 is 45.2 Å². The van der Waals surface area contributed by atoms with Crippen LogP contribution in [0.2, 0.25) is 0 Å². The predicted molar refractivity (Wildman–Crippen MR) is 156 cm³/mol. The van der Waals surface area contributed by atoms with Crippen LogP contribution in [0.5, 0.6) is 5.75 Å². The molecule has 0 saturated carbocycles. The lowest BCUT2D eigenvalue weighted by Crippen LogP contribution is -2.60. The number of alkyl halides is 1. The van der Waals surface area contributed by atoms with E-state index in [0.29, 0.717) is 42.5 Å². The van der Waals surface area contributed by atoms with Crippen LogP contribution in [0.4, 0.5) is 0 Å². The first-order valence-electron chi connectivity index (χ1n) is 12.7. The van der Waals surface area contributed by atoms with E-state index in [1.807, 2.05) is 19.1 Å². The second-order valence-electron chi connectivity index (χ2n) is 10.2. The molecule has 2 aromatic rings. The van der Waals surface area contributed by atoms with Crippen molar-refractivity contribution in [2.24, 2.45) is 0 Å². The first-order chi connectivity index (χ1) is 17.8. The van der Waals surface area contributed by atoms with E-state index in [4.69, 9.17) is 9.47 Å². The molecule has 3 aliphatic rings. The molecule has 0 radical (unpaired) electrons. The number of ether oxygens (including phenoxy) is 2. The summed E-state index contributed by atoms with van der Waals surface area (Å²) in [5.41, 5.74) is 3.97. The minimum absolute atomic E-state index is 0.281. The average molecular weight is 733 g/mol. The predicted octanol–water partition coefficient (Wildman–Crippen LogP) is 3.78. The molecular formula is C27H33I2N3O5. The van der Waals surface area contributed by atoms with E-state index in [0.717, 1.165) is 56.2 Å². The summed E-state index contributed by atoms with van der Waals surface area (Å²) in [4.78, 5) is 21.3. The molecule has 2 bridgehead atoms. The fraction of sp³-hybridized carbons (Fsp3) is 0.556. The van der Waals surface area contributed by atoms with Crippen LogP contribution in [0.3, 0.4) is 0 Å². The Hall–Kier alpha value is -1.06. The molecule has 1 aromatic carbocycles. The molecule has 2 fully saturated rings. The maximum atomic E-state index is 11.9. The van der Waals surface area contributed by atoms with Gasteiger partial charge in [0, 0.05) is 60.0 Å². The lowest BCUT2D eigenvalue weighted by Gasteiger charge is -2.48. The summed E-state index contributed by atoms with van der Waals surface area (Å²) in [5, 5.41) is 22.4. The molecule has 4 unspecified atom stereocenters. The topological polar surface area (TPSA) is 95.4 Å². The van der Waals surface area contributed by atoms with Crippen molar-refractivity contribution in [1.82, 2.24) is 14.8 Å². The molecule has 0 amide bonds. The van der Waals surface area contributed by atoms with Crippen LogP contribution in [0.15, 0.2) is 24.4 Å². The third-order valence-corrected chi connectivity index (χ3v) is 9.65. The zero-order chi connectivity index (χ0) is 26.3. The van der Waals surface area contributed by atoms with Gasteiger partial charge in [-0.2, -0.15) is 0 Å². The second kappa shape index (κ2) is 11.6. The van der Waals surface area contributed by atoms with Gasteiger partial charge in [0.2, 0.25) is 0 Å². The molecule has 0 aliphatic carbocycles. The highest BCUT2D eigenvalue weighted by atomic mass is 127. The van der Waals surface area contributed by atoms with E-state index < -0.39 is 12.2 Å². The summed E-state index contributed by atoms with van der Waals surface area (Å²) < 4.78 is 12.6. The zero-order valence-corrected chi connectivity index (χ0v) is 25.4. The Bertz CT molecular complexity index is 1170. The van der Waals surface area contributed by atoms with E-state index in [9.17, 15) is 15.0 Å². The molecular weight excluding hydrogens is 700 g/mol. The number of aliphatic hydroxyl groups excluding tert-OH is 2. The van der Waals surface area contributed by atoms with Gasteiger partial charge in [0.1, 0.15) is 18.5 Å². The summed E-state index contributed by atoms with van der Waals surface area (Å²) in [7, 11) is 1.63. The van der Waals surface area contributed by atoms with Gasteiger partial charge >= 0.3 is 5.97 Å². The van der Waals surface area contributed by atoms with Crippen molar-refractivity contribution in [2.45, 2.75) is 63.1 Å². The van der Waals surface area contributed by atoms with Gasteiger partial charge in [-0.25, -0.2) is 4.79 Å². The number of benzene rings is 1. The van der Waals surface area contributed by atoms with Crippen LogP contribution in [0.25, 0.3) is 0 Å². The second-order valence-corrected chi connectivity index (χ2v) is 12.4. The van der Waals surface area contributed by atoms with Crippen LogP contribution in [0.1, 0.15) is 64.2 Å². The number of aromatic nitrogens is 1. The molecule has 2 saturated heterocycles. The molecule has 3 aliphatic heterocycles. The average Bonchev–Trinajstić information content (AvgIpc) is 3.40. The van der Waals surface area contributed by atoms with E-state index in [1.54, 1.807) is 19.4 Å². The molecule has 5 rings (SSSR count). The quantitative estimate of drug-likeness (QED) is 0.229. The molecule has 8 nitrogen and oxygen atoms in total. The Balaban J connectivity index is 1.31. The summed E-state index contributed by atoms with van der Waals surface area (Å²) in [5.74, 6) is 0.445. The van der Waals surface area contributed by atoms with Crippen molar-refractivity contribution in [3.63, 3.8) is 0 Å². The van der Waals surface area contributed by atoms with Gasteiger partial charge in [-0.15, -0.1) is 0 Å². The number of fused-ring (bicyclic) bond motifs is 3. The summed E-state index contributed by atoms with van der Waals surface area (Å²) in [6.07, 6.45) is 3.61. The van der Waals surface area contributed by atoms with Crippen LogP contribution in [-0.2, 0) is 11.3 Å². The van der Waals surface area contributed by atoms with Crippen molar-refractivity contribution in [1.29, 1.82) is 0 Å². The Morgan fingerprint density at radius 1 is 1.24 bits per heavy atom. The number of hydrogen-bond donors (Lipinski definition) is 2. The minimum Gasteiger partial charge on any atom is -0.496 e. The molecule has 10 heteroatoms. The van der Waals surface area contributed by atoms with Gasteiger partial charge in [0.15, 0.2) is 0 Å². The van der Waals surface area contributed by atoms with Crippen molar-refractivity contribution >= 4 is 51.2 Å². The van der Waals surface area contributed by atoms with E-state index in [1.165, 1.54) is 0 Å². The summed E-state index contributed by atoms with van der Waals surface area (Å²) in [6.45, 7) is 4.20. The Labute approximate surface area is 245 Å². The summed E-state index contributed by atoms with van der Waals surface area (Å²) >= 11 is 4.62. The SMILES string of the molecule is COc1cc(C(O)CN2CC3CCC(C2CCI)N3C[C@H](O)c2ccc3c(c2C)COC3=O)ncc1I. The van der Waals surface area contributed by atoms with Gasteiger partial charge in [0.25, 0.3) is 0 Å². The number of cyclic esters (lactones) is 1. The normalized spacial score (nSPS) is 25.1. The van der Waals surface area contributed by atoms with E-state index in [-0.39, 0.29) is 12.6 Å². The van der Waals surface area contributed by atoms with Crippen molar-refractivity contribution < 1.29 is 24.5 Å². The number of rotatable bonds is 9. The highest BCUT2D eigenvalue weighted by Gasteiger charge is 2.46. The van der Waals surface area contributed by atoms with Gasteiger partial charge in [-0.05, 0) is 66.0 Å². The number of halogens is 2. The summed E-state index contributed by atoms with van der Waals surface area (Å²) in [6, 6.07) is 6.46. The standard InChI is InChI=1S/C27H33I2N3O5/c1-15-17(4-5-18-19(15)14-37-27(18)35)24(33)13-32-16-3-6-23(32)22(7-8-28)31(11-16)12-25(34)21-9-26(36-2)20(29)10-30-21/h4-5,9-10,16,22-25,33-34H,3,6-8,11-14H2,1-2H3/t16?,22?,23?,24-,25?/m0/s1. The number of β-amino-alcohol motifs (C(OH)–C–C–N with tert-alkyl or cyclic N) is 1. The van der Waals surface area contributed by atoms with Crippen LogP contribution in [-0.4, -0.2) is 80.3 Å². The zero-order valence-electron chi connectivity index (χ0n) is 21.1. The third kappa shape index (κ3) is 5.38. The number of esters is 1. The molecule has 2 N–H and O–H groups in total. The maximum Gasteiger partial charge on any atom is 0.338 e. The molecule has 4 heterocycles. The number of carbonyl (C=O) groups excluding carboxylic acids is 1. The lowest BCUT2D eigenvalue weighted by molar-refractivity contribution is -0.0286. The largest absolute Gasteiger partial charge is 0.496 e. The smallest absolute Gasteiger partial charge is 0.338 e. The molecule has 5 atom stereocenters. The Morgan fingerprint density at radius 3 is 2.81 bits per heavy atom. The first-order valence-corrected chi connectivity index (χ1v) is 15.3. The third-order valence-electron chi connectivity index (χ3n) is 8.21. The lowest BCUT2D eigenvalue weighted by atomic mass is 9.94. The highest BCUT2D eigenvalue weighted by molar-refractivity contribution is 14.1. The van der Waals surface area contributed by atoms with E-state index >= 15 is 0 Å². The monoisotopic (exact) mass is 733 g/mol. The number of carbonyl (C=O) groups is 1. The maximum absolute atomic E-state index is 11.9. The van der Waals surface area contributed by atoms with Crippen molar-refractivity contribution in [2.75, 3.05) is 31.2 Å². The number of pyridine rings is 1. The Morgan fingerprint density at radius 2 is 2.05 bits per heavy atom. The van der Waals surface area contributed by atoms with Crippen molar-refractivity contribution in [3.05, 3.63) is 55.9 Å². The van der Waals surface area contributed by atoms with E-state index in [2.05, 4.69) is 60.0 Å². The highest BCUT2D eigenvalue weighted by Crippen LogP contribution is 2.39. The molecule has 200 valence electrons. The molecule has 0 spiro atoms. The minimum atomic E-state index is -0.696. The number of hydrogen-bond acceptors (Lipinski definition) is 8. The fourth-order valence-corrected chi connectivity index (χ4v) is 7.48. The van der Waals surface area contributed by atoms with Gasteiger partial charge in [-0.3, -0.25) is 14.8 Å². The van der Waals surface area contributed by atoms with Crippen LogP contribution in [0, 0.1) is 10.5 Å². The number of aliphatic hydroxyl groups is 2. The number of likely N-dealkylation sites (tertiary alicyclic amines) is 1. The fourth-order valence-electron chi connectivity index (χ4n) is 6.32. The number of nitrogens with zero attached hydrogens (tertiary/aromatic N) is 3. The Kier molecular flexibility index (Phi) is 8.61. The molecule has 37 heavy (non-hydrogen) atoms. The number of piperazine rings is 1. The van der Waals surface area contributed by atoms with Gasteiger partial charge in [0.05, 0.1) is 28.0 Å². The van der Waals surface area contributed by atoms with Crippen LogP contribution < -0.4 is 4.74 Å². The molecule has 1 aromatic heterocycles. The van der Waals surface area contributed by atoms with Gasteiger partial charge < -0.3 is 19.7 Å².